The maximum Gasteiger partial charge on any atom is 0.233 e. The summed E-state index contributed by atoms with van der Waals surface area (Å²) in [7, 11) is 0. The Morgan fingerprint density at radius 3 is 3.00 bits per heavy atom. The van der Waals surface area contributed by atoms with E-state index in [9.17, 15) is 4.79 Å². The first-order chi connectivity index (χ1) is 9.56. The summed E-state index contributed by atoms with van der Waals surface area (Å²) in [6, 6.07) is 3.84. The molecular formula is C15H21ClN2O2. The van der Waals surface area contributed by atoms with E-state index in [1.807, 2.05) is 12.1 Å². The summed E-state index contributed by atoms with van der Waals surface area (Å²) in [6.45, 7) is 6.43. The molecule has 1 aliphatic rings. The van der Waals surface area contributed by atoms with Crippen LogP contribution < -0.4 is 15.4 Å². The van der Waals surface area contributed by atoms with E-state index in [4.69, 9.17) is 16.3 Å². The van der Waals surface area contributed by atoms with Crippen LogP contribution in [0.15, 0.2) is 12.1 Å². The van der Waals surface area contributed by atoms with Crippen molar-refractivity contribution in [3.05, 3.63) is 28.3 Å². The molecule has 0 unspecified atom stereocenters. The van der Waals surface area contributed by atoms with Crippen LogP contribution in [0.1, 0.15) is 25.0 Å². The van der Waals surface area contributed by atoms with Gasteiger partial charge in [0.25, 0.3) is 0 Å². The zero-order valence-electron chi connectivity index (χ0n) is 12.0. The quantitative estimate of drug-likeness (QED) is 0.845. The number of carbonyl (C=O) groups excluding carboxylic acids is 1. The van der Waals surface area contributed by atoms with Crippen LogP contribution in [0.25, 0.3) is 0 Å². The second-order valence-corrected chi connectivity index (χ2v) is 5.89. The second-order valence-electron chi connectivity index (χ2n) is 5.45. The first-order valence-corrected chi connectivity index (χ1v) is 7.35. The maximum atomic E-state index is 11.6. The molecule has 0 saturated carbocycles. The van der Waals surface area contributed by atoms with Gasteiger partial charge >= 0.3 is 0 Å². The van der Waals surface area contributed by atoms with Gasteiger partial charge in [0.15, 0.2) is 0 Å². The highest BCUT2D eigenvalue weighted by atomic mass is 35.5. The van der Waals surface area contributed by atoms with Crippen LogP contribution >= 0.6 is 11.6 Å². The first-order valence-electron chi connectivity index (χ1n) is 6.97. The van der Waals surface area contributed by atoms with Crippen molar-refractivity contribution in [1.82, 2.24) is 10.6 Å². The standard InChI is InChI=1S/C15H21ClN2O2/c1-10(2)7-18-14(19)9-17-8-12-6-13(16)5-11-3-4-20-15(11)12/h5-6,10,17H,3-4,7-9H2,1-2H3,(H,18,19). The summed E-state index contributed by atoms with van der Waals surface area (Å²) < 4.78 is 5.62. The Balaban J connectivity index is 1.84. The average molecular weight is 297 g/mol. The van der Waals surface area contributed by atoms with Gasteiger partial charge in [0.05, 0.1) is 13.2 Å². The molecule has 0 aliphatic carbocycles. The summed E-state index contributed by atoms with van der Waals surface area (Å²) in [5.74, 6) is 1.39. The lowest BCUT2D eigenvalue weighted by Gasteiger charge is -2.11. The molecule has 1 aromatic rings. The maximum absolute atomic E-state index is 11.6. The van der Waals surface area contributed by atoms with Gasteiger partial charge in [-0.25, -0.2) is 0 Å². The van der Waals surface area contributed by atoms with Gasteiger partial charge in [-0.1, -0.05) is 25.4 Å². The van der Waals surface area contributed by atoms with Gasteiger partial charge < -0.3 is 15.4 Å². The Kier molecular flexibility index (Phi) is 5.26. The minimum absolute atomic E-state index is 0.0123. The molecule has 0 spiro atoms. The van der Waals surface area contributed by atoms with Crippen LogP contribution in [0.5, 0.6) is 5.75 Å². The monoisotopic (exact) mass is 296 g/mol. The molecule has 0 aromatic heterocycles. The normalized spacial score (nSPS) is 13.2. The molecule has 0 bridgehead atoms. The number of ether oxygens (including phenoxy) is 1. The molecule has 2 N–H and O–H groups in total. The van der Waals surface area contributed by atoms with Gasteiger partial charge in [-0.05, 0) is 23.6 Å². The van der Waals surface area contributed by atoms with E-state index in [1.165, 1.54) is 0 Å². The van der Waals surface area contributed by atoms with Gasteiger partial charge in [-0.2, -0.15) is 0 Å². The Morgan fingerprint density at radius 1 is 1.45 bits per heavy atom. The molecule has 0 atom stereocenters. The zero-order chi connectivity index (χ0) is 14.5. The molecule has 1 aliphatic heterocycles. The average Bonchev–Trinajstić information content (AvgIpc) is 2.84. The van der Waals surface area contributed by atoms with Crippen molar-refractivity contribution in [1.29, 1.82) is 0 Å². The number of hydrogen-bond acceptors (Lipinski definition) is 3. The summed E-state index contributed by atoms with van der Waals surface area (Å²) in [4.78, 5) is 11.6. The molecule has 2 rings (SSSR count). The highest BCUT2D eigenvalue weighted by molar-refractivity contribution is 6.30. The fourth-order valence-electron chi connectivity index (χ4n) is 2.17. The Bertz CT molecular complexity index is 489. The number of benzene rings is 1. The third-order valence-electron chi connectivity index (χ3n) is 3.13. The molecule has 20 heavy (non-hydrogen) atoms. The number of rotatable bonds is 6. The minimum atomic E-state index is 0.0123. The number of hydrogen-bond donors (Lipinski definition) is 2. The van der Waals surface area contributed by atoms with Crippen molar-refractivity contribution < 1.29 is 9.53 Å². The number of halogens is 1. The molecule has 0 fully saturated rings. The van der Waals surface area contributed by atoms with Crippen molar-refractivity contribution in [2.24, 2.45) is 5.92 Å². The fourth-order valence-corrected chi connectivity index (χ4v) is 2.43. The number of carbonyl (C=O) groups is 1. The summed E-state index contributed by atoms with van der Waals surface area (Å²) in [5.41, 5.74) is 2.17. The predicted octanol–water partition coefficient (Wildman–Crippen LogP) is 2.14. The number of nitrogens with one attached hydrogen (secondary N) is 2. The SMILES string of the molecule is CC(C)CNC(=O)CNCc1cc(Cl)cc2c1OCC2. The van der Waals surface area contributed by atoms with Gasteiger partial charge in [-0.15, -0.1) is 0 Å². The van der Waals surface area contributed by atoms with Gasteiger partial charge in [-0.3, -0.25) is 4.79 Å². The third kappa shape index (κ3) is 4.12. The predicted molar refractivity (Wildman–Crippen MR) is 80.2 cm³/mol. The second kappa shape index (κ2) is 6.95. The van der Waals surface area contributed by atoms with E-state index < -0.39 is 0 Å². The van der Waals surface area contributed by atoms with Crippen molar-refractivity contribution in [2.75, 3.05) is 19.7 Å². The van der Waals surface area contributed by atoms with Gasteiger partial charge in [0, 0.05) is 30.1 Å². The molecular weight excluding hydrogens is 276 g/mol. The summed E-state index contributed by atoms with van der Waals surface area (Å²) in [6.07, 6.45) is 0.901. The molecule has 1 heterocycles. The topological polar surface area (TPSA) is 50.4 Å². The molecule has 4 nitrogen and oxygen atoms in total. The van der Waals surface area contributed by atoms with Gasteiger partial charge in [0.1, 0.15) is 5.75 Å². The first kappa shape index (κ1) is 15.1. The third-order valence-corrected chi connectivity index (χ3v) is 3.35. The van der Waals surface area contributed by atoms with E-state index in [1.54, 1.807) is 0 Å². The van der Waals surface area contributed by atoms with Crippen LogP contribution in [-0.2, 0) is 17.8 Å². The molecule has 0 saturated heterocycles. The summed E-state index contributed by atoms with van der Waals surface area (Å²) >= 11 is 6.09. The smallest absolute Gasteiger partial charge is 0.233 e. The molecule has 1 amide bonds. The van der Waals surface area contributed by atoms with Crippen molar-refractivity contribution in [2.45, 2.75) is 26.8 Å². The largest absolute Gasteiger partial charge is 0.493 e. The number of fused-ring (bicyclic) bond motifs is 1. The Hall–Kier alpha value is -1.26. The molecule has 0 radical (unpaired) electrons. The van der Waals surface area contributed by atoms with Crippen LogP contribution in [-0.4, -0.2) is 25.6 Å². The molecule has 5 heteroatoms. The fraction of sp³-hybridized carbons (Fsp3) is 0.533. The van der Waals surface area contributed by atoms with Crippen LogP contribution in [0.4, 0.5) is 0 Å². The highest BCUT2D eigenvalue weighted by Gasteiger charge is 2.17. The van der Waals surface area contributed by atoms with E-state index in [0.717, 1.165) is 28.3 Å². The van der Waals surface area contributed by atoms with Crippen molar-refractivity contribution >= 4 is 17.5 Å². The highest BCUT2D eigenvalue weighted by Crippen LogP contribution is 2.32. The minimum Gasteiger partial charge on any atom is -0.493 e. The van der Waals surface area contributed by atoms with E-state index in [2.05, 4.69) is 24.5 Å². The molecule has 1 aromatic carbocycles. The van der Waals surface area contributed by atoms with Crippen LogP contribution in [0.2, 0.25) is 5.02 Å². The van der Waals surface area contributed by atoms with E-state index in [-0.39, 0.29) is 5.91 Å². The van der Waals surface area contributed by atoms with E-state index in [0.29, 0.717) is 32.2 Å². The zero-order valence-corrected chi connectivity index (χ0v) is 12.7. The number of amides is 1. The van der Waals surface area contributed by atoms with Crippen molar-refractivity contribution in [3.63, 3.8) is 0 Å². The lowest BCUT2D eigenvalue weighted by Crippen LogP contribution is -2.35. The Labute approximate surface area is 124 Å². The lowest BCUT2D eigenvalue weighted by molar-refractivity contribution is -0.120. The molecule has 110 valence electrons. The summed E-state index contributed by atoms with van der Waals surface area (Å²) in [5, 5.41) is 6.72. The lowest BCUT2D eigenvalue weighted by atomic mass is 10.1. The Morgan fingerprint density at radius 2 is 2.25 bits per heavy atom. The van der Waals surface area contributed by atoms with Gasteiger partial charge in [0.2, 0.25) is 5.91 Å². The van der Waals surface area contributed by atoms with Crippen LogP contribution in [0.3, 0.4) is 0 Å². The van der Waals surface area contributed by atoms with E-state index >= 15 is 0 Å². The van der Waals surface area contributed by atoms with Crippen LogP contribution in [0, 0.1) is 5.92 Å². The van der Waals surface area contributed by atoms with Crippen molar-refractivity contribution in [3.8, 4) is 5.75 Å².